The number of nitrogens with zero attached hydrogens (tertiary/aromatic N) is 1. The lowest BCUT2D eigenvalue weighted by molar-refractivity contribution is -0.130. The van der Waals surface area contributed by atoms with Crippen LogP contribution in [-0.2, 0) is 14.8 Å². The standard InChI is InChI=1S/C21H28N2O5S/c1-4-23(5-2)21(24)15-16-22-29(25,26)20-13-11-19(12-14-20)28-18-9-7-17(8-10-18)27-6-3/h7-14,22H,4-6,15-16H2,1-3H3. The number of hydrogen-bond donors (Lipinski definition) is 1. The Bertz CT molecular complexity index is 876. The topological polar surface area (TPSA) is 84.9 Å². The summed E-state index contributed by atoms with van der Waals surface area (Å²) < 4.78 is 38.4. The molecule has 0 unspecified atom stereocenters. The van der Waals surface area contributed by atoms with Crippen molar-refractivity contribution in [1.82, 2.24) is 9.62 Å². The number of ether oxygens (including phenoxy) is 2. The Balaban J connectivity index is 1.93. The van der Waals surface area contributed by atoms with E-state index in [-0.39, 0.29) is 23.8 Å². The SMILES string of the molecule is CCOc1ccc(Oc2ccc(S(=O)(=O)NCCC(=O)N(CC)CC)cc2)cc1. The third kappa shape index (κ3) is 6.76. The molecule has 8 heteroatoms. The minimum absolute atomic E-state index is 0.0576. The van der Waals surface area contributed by atoms with Crippen molar-refractivity contribution in [3.8, 4) is 17.2 Å². The van der Waals surface area contributed by atoms with Crippen molar-refractivity contribution in [2.75, 3.05) is 26.2 Å². The van der Waals surface area contributed by atoms with Gasteiger partial charge in [0, 0.05) is 26.1 Å². The minimum Gasteiger partial charge on any atom is -0.494 e. The zero-order valence-electron chi connectivity index (χ0n) is 17.1. The molecular weight excluding hydrogens is 392 g/mol. The van der Waals surface area contributed by atoms with E-state index < -0.39 is 10.0 Å². The van der Waals surface area contributed by atoms with Gasteiger partial charge in [0.25, 0.3) is 0 Å². The molecule has 2 rings (SSSR count). The molecule has 1 N–H and O–H groups in total. The molecule has 0 radical (unpaired) electrons. The smallest absolute Gasteiger partial charge is 0.240 e. The molecule has 0 bridgehead atoms. The summed E-state index contributed by atoms with van der Waals surface area (Å²) in [5.41, 5.74) is 0. The van der Waals surface area contributed by atoms with Gasteiger partial charge in [0.15, 0.2) is 0 Å². The largest absolute Gasteiger partial charge is 0.494 e. The van der Waals surface area contributed by atoms with E-state index >= 15 is 0 Å². The highest BCUT2D eigenvalue weighted by atomic mass is 32.2. The Morgan fingerprint density at radius 1 is 0.897 bits per heavy atom. The molecule has 0 fully saturated rings. The van der Waals surface area contributed by atoms with Crippen molar-refractivity contribution >= 4 is 15.9 Å². The molecule has 1 amide bonds. The lowest BCUT2D eigenvalue weighted by Gasteiger charge is -2.18. The number of sulfonamides is 1. The highest BCUT2D eigenvalue weighted by Gasteiger charge is 2.16. The van der Waals surface area contributed by atoms with Crippen LogP contribution in [0, 0.1) is 0 Å². The Morgan fingerprint density at radius 3 is 1.93 bits per heavy atom. The number of carbonyl (C=O) groups excluding carboxylic acids is 1. The van der Waals surface area contributed by atoms with Gasteiger partial charge in [0.05, 0.1) is 11.5 Å². The first-order valence-electron chi connectivity index (χ1n) is 9.67. The van der Waals surface area contributed by atoms with E-state index in [1.165, 1.54) is 12.1 Å². The Hall–Kier alpha value is -2.58. The summed E-state index contributed by atoms with van der Waals surface area (Å²) in [4.78, 5) is 13.8. The average molecular weight is 421 g/mol. The zero-order valence-corrected chi connectivity index (χ0v) is 17.9. The first-order valence-corrected chi connectivity index (χ1v) is 11.2. The first kappa shape index (κ1) is 22.7. The van der Waals surface area contributed by atoms with Crippen LogP contribution in [0.4, 0.5) is 0 Å². The lowest BCUT2D eigenvalue weighted by Crippen LogP contribution is -2.34. The van der Waals surface area contributed by atoms with Crippen LogP contribution in [0.25, 0.3) is 0 Å². The molecule has 0 heterocycles. The maximum absolute atomic E-state index is 12.4. The van der Waals surface area contributed by atoms with Crippen LogP contribution in [0.2, 0.25) is 0 Å². The number of nitrogens with one attached hydrogen (secondary N) is 1. The number of rotatable bonds is 11. The van der Waals surface area contributed by atoms with E-state index in [2.05, 4.69) is 4.72 Å². The lowest BCUT2D eigenvalue weighted by atomic mass is 10.3. The second-order valence-corrected chi connectivity index (χ2v) is 7.96. The summed E-state index contributed by atoms with van der Waals surface area (Å²) in [6.07, 6.45) is 0.125. The molecule has 0 saturated carbocycles. The predicted octanol–water partition coefficient (Wildman–Crippen LogP) is 3.41. The molecule has 0 saturated heterocycles. The highest BCUT2D eigenvalue weighted by Crippen LogP contribution is 2.25. The van der Waals surface area contributed by atoms with Crippen molar-refractivity contribution in [3.05, 3.63) is 48.5 Å². The van der Waals surface area contributed by atoms with Gasteiger partial charge in [-0.05, 0) is 69.3 Å². The summed E-state index contributed by atoms with van der Waals surface area (Å²) in [5.74, 6) is 1.82. The van der Waals surface area contributed by atoms with Gasteiger partial charge in [0.2, 0.25) is 15.9 Å². The summed E-state index contributed by atoms with van der Waals surface area (Å²) in [6, 6.07) is 13.3. The van der Waals surface area contributed by atoms with Gasteiger partial charge in [-0.25, -0.2) is 13.1 Å². The van der Waals surface area contributed by atoms with Crippen molar-refractivity contribution in [3.63, 3.8) is 0 Å². The van der Waals surface area contributed by atoms with Gasteiger partial charge in [-0.2, -0.15) is 0 Å². The molecule has 158 valence electrons. The summed E-state index contributed by atoms with van der Waals surface area (Å²) in [7, 11) is -3.69. The summed E-state index contributed by atoms with van der Waals surface area (Å²) in [5, 5.41) is 0. The average Bonchev–Trinajstić information content (AvgIpc) is 2.71. The molecule has 0 aromatic heterocycles. The molecule has 0 aliphatic rings. The van der Waals surface area contributed by atoms with Crippen molar-refractivity contribution in [2.45, 2.75) is 32.1 Å². The van der Waals surface area contributed by atoms with Gasteiger partial charge in [-0.1, -0.05) is 0 Å². The Morgan fingerprint density at radius 2 is 1.41 bits per heavy atom. The third-order valence-electron chi connectivity index (χ3n) is 4.25. The molecule has 2 aromatic rings. The van der Waals surface area contributed by atoms with Gasteiger partial charge in [0.1, 0.15) is 17.2 Å². The third-order valence-corrected chi connectivity index (χ3v) is 5.73. The maximum atomic E-state index is 12.4. The van der Waals surface area contributed by atoms with Crippen LogP contribution in [0.1, 0.15) is 27.2 Å². The molecule has 2 aromatic carbocycles. The fraction of sp³-hybridized carbons (Fsp3) is 0.381. The van der Waals surface area contributed by atoms with Crippen LogP contribution in [0.5, 0.6) is 17.2 Å². The van der Waals surface area contributed by atoms with Crippen molar-refractivity contribution < 1.29 is 22.7 Å². The van der Waals surface area contributed by atoms with Crippen LogP contribution in [-0.4, -0.2) is 45.5 Å². The number of carbonyl (C=O) groups is 1. The molecular formula is C21H28N2O5S. The van der Waals surface area contributed by atoms with E-state index in [1.807, 2.05) is 20.8 Å². The first-order chi connectivity index (χ1) is 13.9. The summed E-state index contributed by atoms with van der Waals surface area (Å²) >= 11 is 0. The van der Waals surface area contributed by atoms with E-state index in [9.17, 15) is 13.2 Å². The van der Waals surface area contributed by atoms with Crippen molar-refractivity contribution in [1.29, 1.82) is 0 Å². The van der Waals surface area contributed by atoms with Gasteiger partial charge in [-0.3, -0.25) is 4.79 Å². The van der Waals surface area contributed by atoms with Crippen LogP contribution in [0.3, 0.4) is 0 Å². The van der Waals surface area contributed by atoms with E-state index in [0.29, 0.717) is 31.2 Å². The van der Waals surface area contributed by atoms with Crippen molar-refractivity contribution in [2.24, 2.45) is 0 Å². The molecule has 0 aliphatic heterocycles. The normalized spacial score (nSPS) is 11.1. The monoisotopic (exact) mass is 420 g/mol. The molecule has 0 spiro atoms. The Labute approximate surface area is 172 Å². The fourth-order valence-corrected chi connectivity index (χ4v) is 3.74. The molecule has 0 aliphatic carbocycles. The fourth-order valence-electron chi connectivity index (χ4n) is 2.70. The van der Waals surface area contributed by atoms with Crippen LogP contribution >= 0.6 is 0 Å². The second-order valence-electron chi connectivity index (χ2n) is 6.19. The number of benzene rings is 2. The molecule has 0 atom stereocenters. The minimum atomic E-state index is -3.69. The zero-order chi connectivity index (χ0) is 21.3. The second kappa shape index (κ2) is 10.8. The van der Waals surface area contributed by atoms with E-state index in [4.69, 9.17) is 9.47 Å². The molecule has 29 heavy (non-hydrogen) atoms. The van der Waals surface area contributed by atoms with Crippen LogP contribution in [0.15, 0.2) is 53.4 Å². The van der Waals surface area contributed by atoms with Gasteiger partial charge < -0.3 is 14.4 Å². The van der Waals surface area contributed by atoms with Gasteiger partial charge >= 0.3 is 0 Å². The predicted molar refractivity (Wildman–Crippen MR) is 112 cm³/mol. The van der Waals surface area contributed by atoms with E-state index in [0.717, 1.165) is 5.75 Å². The number of hydrogen-bond acceptors (Lipinski definition) is 5. The van der Waals surface area contributed by atoms with Gasteiger partial charge in [-0.15, -0.1) is 0 Å². The highest BCUT2D eigenvalue weighted by molar-refractivity contribution is 7.89. The summed E-state index contributed by atoms with van der Waals surface area (Å²) in [6.45, 7) is 7.56. The number of amides is 1. The maximum Gasteiger partial charge on any atom is 0.240 e. The Kier molecular flexibility index (Phi) is 8.48. The van der Waals surface area contributed by atoms with E-state index in [1.54, 1.807) is 41.3 Å². The quantitative estimate of drug-likeness (QED) is 0.602. The molecule has 7 nitrogen and oxygen atoms in total. The van der Waals surface area contributed by atoms with Crippen LogP contribution < -0.4 is 14.2 Å².